The number of halogens is 6. The number of ether oxygens (including phenoxy) is 3. The lowest BCUT2D eigenvalue weighted by atomic mass is 9.89. The van der Waals surface area contributed by atoms with Crippen molar-refractivity contribution in [2.24, 2.45) is 17.1 Å². The largest absolute Gasteiger partial charge is 0.444 e. The Balaban J connectivity index is 0.000000252. The molecule has 2 saturated heterocycles. The summed E-state index contributed by atoms with van der Waals surface area (Å²) in [6, 6.07) is 11.6. The van der Waals surface area contributed by atoms with Crippen molar-refractivity contribution in [2.45, 2.75) is 102 Å². The van der Waals surface area contributed by atoms with Gasteiger partial charge in [-0.25, -0.2) is 10.0 Å². The van der Waals surface area contributed by atoms with E-state index in [1.165, 1.54) is 38.5 Å². The number of nitrogens with two attached hydrogens (primary N) is 1. The lowest BCUT2D eigenvalue weighted by molar-refractivity contribution is -0.0863. The van der Waals surface area contributed by atoms with E-state index in [2.05, 4.69) is 22.3 Å². The van der Waals surface area contributed by atoms with Gasteiger partial charge in [0, 0.05) is 38.0 Å². The van der Waals surface area contributed by atoms with Crippen LogP contribution in [0.15, 0.2) is 36.4 Å². The summed E-state index contributed by atoms with van der Waals surface area (Å²) in [5.41, 5.74) is 1.71. The van der Waals surface area contributed by atoms with Crippen LogP contribution in [-0.2, 0) is 14.2 Å². The highest BCUT2D eigenvalue weighted by molar-refractivity contribution is 6.42. The second kappa shape index (κ2) is 19.8. The van der Waals surface area contributed by atoms with Crippen molar-refractivity contribution in [2.75, 3.05) is 26.2 Å². The Kier molecular flexibility index (Phi) is 17.2. The first-order valence-electron chi connectivity index (χ1n) is 16.6. The number of hydrogen-bond donors (Lipinski definition) is 2. The van der Waals surface area contributed by atoms with Gasteiger partial charge in [0.25, 0.3) is 0 Å². The fourth-order valence-electron chi connectivity index (χ4n) is 6.47. The molecule has 2 aliphatic heterocycles. The van der Waals surface area contributed by atoms with Gasteiger partial charge in [0.1, 0.15) is 5.60 Å². The van der Waals surface area contributed by atoms with E-state index in [9.17, 15) is 4.79 Å². The van der Waals surface area contributed by atoms with Crippen LogP contribution in [0.5, 0.6) is 0 Å². The zero-order valence-corrected chi connectivity index (χ0v) is 32.5. The van der Waals surface area contributed by atoms with E-state index < -0.39 is 5.60 Å². The first-order chi connectivity index (χ1) is 22.5. The Morgan fingerprint density at radius 1 is 0.750 bits per heavy atom. The summed E-state index contributed by atoms with van der Waals surface area (Å²) in [6.07, 6.45) is 10.1. The van der Waals surface area contributed by atoms with Gasteiger partial charge in [-0.3, -0.25) is 0 Å². The summed E-state index contributed by atoms with van der Waals surface area (Å²) in [5, 5.41) is 9.60. The highest BCUT2D eigenvalue weighted by Gasteiger charge is 2.41. The number of carbonyl (C=O) groups is 1. The number of amides is 1. The van der Waals surface area contributed by atoms with E-state index in [4.69, 9.17) is 60.6 Å². The van der Waals surface area contributed by atoms with Gasteiger partial charge in [-0.1, -0.05) is 84.2 Å². The molecule has 2 aliphatic carbocycles. The number of hydrogen-bond acceptors (Lipinski definition) is 6. The molecule has 0 bridgehead atoms. The van der Waals surface area contributed by atoms with E-state index in [1.54, 1.807) is 4.90 Å². The molecule has 4 fully saturated rings. The maximum absolute atomic E-state index is 12.2. The molecule has 270 valence electrons. The van der Waals surface area contributed by atoms with Gasteiger partial charge in [-0.15, -0.1) is 12.4 Å². The highest BCUT2D eigenvalue weighted by atomic mass is 35.5. The molecule has 0 radical (unpaired) electrons. The second-order valence-corrected chi connectivity index (χ2v) is 15.5. The molecule has 13 heteroatoms. The molecule has 2 saturated carbocycles. The van der Waals surface area contributed by atoms with Gasteiger partial charge >= 0.3 is 6.09 Å². The van der Waals surface area contributed by atoms with Gasteiger partial charge in [0.05, 0.1) is 44.5 Å². The van der Waals surface area contributed by atoms with Crippen LogP contribution in [0.2, 0.25) is 20.1 Å². The minimum absolute atomic E-state index is 0. The fourth-order valence-corrected chi connectivity index (χ4v) is 7.08. The van der Waals surface area contributed by atoms with E-state index in [1.807, 2.05) is 57.2 Å². The minimum atomic E-state index is -0.481. The molecule has 2 unspecified atom stereocenters. The van der Waals surface area contributed by atoms with Crippen molar-refractivity contribution in [3.63, 3.8) is 0 Å². The van der Waals surface area contributed by atoms with Crippen molar-refractivity contribution < 1.29 is 19.0 Å². The minimum Gasteiger partial charge on any atom is -0.444 e. The number of nitrogens with one attached hydrogen (secondary N) is 1. The molecular weight excluding hydrogens is 739 g/mol. The van der Waals surface area contributed by atoms with Crippen LogP contribution in [0, 0.1) is 11.8 Å². The third-order valence-electron chi connectivity index (χ3n) is 9.06. The Hall–Kier alpha value is -0.710. The number of carbonyl (C=O) groups excluding carboxylic acids is 1. The monoisotopic (exact) mass is 785 g/mol. The van der Waals surface area contributed by atoms with E-state index in [0.717, 1.165) is 37.1 Å². The summed E-state index contributed by atoms with van der Waals surface area (Å²) in [4.78, 5) is 13.9. The Labute approximate surface area is 317 Å². The molecule has 48 heavy (non-hydrogen) atoms. The summed E-state index contributed by atoms with van der Waals surface area (Å²) in [5.74, 6) is 0.790. The Morgan fingerprint density at radius 2 is 1.17 bits per heavy atom. The number of benzene rings is 2. The predicted molar refractivity (Wildman–Crippen MR) is 200 cm³/mol. The average molecular weight is 789 g/mol. The van der Waals surface area contributed by atoms with Gasteiger partial charge in [0.2, 0.25) is 0 Å². The summed E-state index contributed by atoms with van der Waals surface area (Å²) in [7, 11) is 0. The van der Waals surface area contributed by atoms with Crippen molar-refractivity contribution >= 4 is 76.7 Å². The quantitative estimate of drug-likeness (QED) is 0.259. The van der Waals surface area contributed by atoms with Crippen LogP contribution < -0.4 is 10.6 Å². The Bertz CT molecular complexity index is 1290. The van der Waals surface area contributed by atoms with Crippen LogP contribution in [0.1, 0.15) is 95.5 Å². The number of rotatable bonds is 8. The lowest BCUT2D eigenvalue weighted by Gasteiger charge is -2.44. The van der Waals surface area contributed by atoms with Crippen LogP contribution in [0.25, 0.3) is 0 Å². The summed E-state index contributed by atoms with van der Waals surface area (Å²) < 4.78 is 18.3. The van der Waals surface area contributed by atoms with Crippen LogP contribution >= 0.6 is 70.6 Å². The first kappa shape index (κ1) is 41.7. The molecule has 2 aromatic carbocycles. The topological polar surface area (TPSA) is 86.0 Å². The van der Waals surface area contributed by atoms with Crippen LogP contribution in [0.3, 0.4) is 0 Å². The average Bonchev–Trinajstić information content (AvgIpc) is 3.69. The lowest BCUT2D eigenvalue weighted by Crippen LogP contribution is -2.54. The zero-order valence-electron chi connectivity index (χ0n) is 27.9. The van der Waals surface area contributed by atoms with Gasteiger partial charge in [-0.2, -0.15) is 0 Å². The maximum atomic E-state index is 12.2. The third-order valence-corrected chi connectivity index (χ3v) is 10.5. The smallest absolute Gasteiger partial charge is 0.410 e. The first-order valence-corrected chi connectivity index (χ1v) is 18.5. The SMILES string of the molecule is CC(C)(C)OC(=O)N1CC(C(OC2CCCC2)c2ccc(Cl)c(Cl)c2)C1.Cl.Clc1ccc(C(OC2CCCC2)C2CNC2)cc1Cl.NCl. The molecule has 3 N–H and O–H groups in total. The van der Waals surface area contributed by atoms with E-state index in [-0.39, 0.29) is 42.7 Å². The molecule has 1 amide bonds. The summed E-state index contributed by atoms with van der Waals surface area (Å²) in [6.45, 7) is 8.95. The molecule has 2 atom stereocenters. The molecule has 2 heterocycles. The van der Waals surface area contributed by atoms with E-state index >= 15 is 0 Å². The predicted octanol–water partition coefficient (Wildman–Crippen LogP) is 10.6. The standard InChI is InChI=1S/C20H27Cl2NO3.C15H19Cl2NO.ClH2N.ClH/c1-20(2,3)26-19(24)23-11-14(12-23)18(25-15-6-4-5-7-15)13-8-9-16(21)17(22)10-13;16-13-6-5-10(7-14(13)17)15(11-8-18-9-11)19-12-3-1-2-4-12;1-2;/h8-10,14-15,18H,4-7,11-12H2,1-3H3;5-7,11-12,15,18H,1-4,8-9H2;2H2;1H. The molecular formula is C35H49Cl6N3O4. The molecule has 0 aromatic heterocycles. The fraction of sp³-hybridized carbons (Fsp3) is 0.629. The van der Waals surface area contributed by atoms with Gasteiger partial charge in [0.15, 0.2) is 0 Å². The van der Waals surface area contributed by atoms with Crippen LogP contribution in [0.4, 0.5) is 4.79 Å². The molecule has 4 aliphatic rings. The third kappa shape index (κ3) is 11.9. The maximum Gasteiger partial charge on any atom is 0.410 e. The zero-order chi connectivity index (χ0) is 34.1. The second-order valence-electron chi connectivity index (χ2n) is 13.8. The molecule has 0 spiro atoms. The molecule has 6 rings (SSSR count). The van der Waals surface area contributed by atoms with Crippen molar-refractivity contribution in [3.8, 4) is 0 Å². The normalized spacial score (nSPS) is 19.9. The van der Waals surface area contributed by atoms with Crippen molar-refractivity contribution in [3.05, 3.63) is 67.6 Å². The van der Waals surface area contributed by atoms with Gasteiger partial charge < -0.3 is 24.4 Å². The van der Waals surface area contributed by atoms with E-state index in [0.29, 0.717) is 45.2 Å². The van der Waals surface area contributed by atoms with Crippen LogP contribution in [-0.4, -0.2) is 55.0 Å². The highest BCUT2D eigenvalue weighted by Crippen LogP contribution is 2.40. The number of nitrogens with zero attached hydrogens (tertiary/aromatic N) is 1. The van der Waals surface area contributed by atoms with Crippen molar-refractivity contribution in [1.82, 2.24) is 10.2 Å². The molecule has 7 nitrogen and oxygen atoms in total. The number of likely N-dealkylation sites (tertiary alicyclic amines) is 1. The van der Waals surface area contributed by atoms with Crippen molar-refractivity contribution in [1.29, 1.82) is 0 Å². The Morgan fingerprint density at radius 3 is 1.52 bits per heavy atom. The summed E-state index contributed by atoms with van der Waals surface area (Å²) >= 11 is 28.6. The van der Waals surface area contributed by atoms with Gasteiger partial charge in [-0.05, 0) is 93.6 Å². The molecule has 2 aromatic rings.